The Morgan fingerprint density at radius 2 is 1.69 bits per heavy atom. The Morgan fingerprint density at radius 1 is 1.03 bits per heavy atom. The molecule has 1 heterocycles. The molecule has 3 N–H and O–H groups in total. The maximum atomic E-state index is 13.7. The molecule has 0 unspecified atom stereocenters. The molecule has 36 heavy (non-hydrogen) atoms. The first-order valence-electron chi connectivity index (χ1n) is 12.0. The Kier molecular flexibility index (Phi) is 9.49. The summed E-state index contributed by atoms with van der Waals surface area (Å²) in [6, 6.07) is 6.47. The van der Waals surface area contributed by atoms with Gasteiger partial charge in [0.15, 0.2) is 0 Å². The second-order valence-electron chi connectivity index (χ2n) is 10.6. The number of ether oxygens (including phenoxy) is 2. The Bertz CT molecular complexity index is 1080. The first kappa shape index (κ1) is 28.7. The highest BCUT2D eigenvalue weighted by Crippen LogP contribution is 2.20. The summed E-state index contributed by atoms with van der Waals surface area (Å²) in [4.78, 5) is 55.5. The molecule has 3 amide bonds. The minimum Gasteiger partial charge on any atom is -0.465 e. The minimum absolute atomic E-state index is 0.113. The lowest BCUT2D eigenvalue weighted by Gasteiger charge is -2.29. The van der Waals surface area contributed by atoms with Crippen LogP contribution in [0.2, 0.25) is 0 Å². The lowest BCUT2D eigenvalue weighted by atomic mass is 10.0. The van der Waals surface area contributed by atoms with Gasteiger partial charge >= 0.3 is 12.1 Å². The summed E-state index contributed by atoms with van der Waals surface area (Å²) in [7, 11) is 0. The van der Waals surface area contributed by atoms with Crippen LogP contribution >= 0.6 is 0 Å². The van der Waals surface area contributed by atoms with Gasteiger partial charge in [-0.3, -0.25) is 14.4 Å². The number of hydrogen-bond acceptors (Lipinski definition) is 6. The van der Waals surface area contributed by atoms with Gasteiger partial charge in [-0.2, -0.15) is 0 Å². The van der Waals surface area contributed by atoms with Gasteiger partial charge in [-0.05, 0) is 60.1 Å². The molecule has 10 nitrogen and oxygen atoms in total. The van der Waals surface area contributed by atoms with Crippen molar-refractivity contribution in [1.29, 1.82) is 0 Å². The van der Waals surface area contributed by atoms with Crippen LogP contribution in [0.15, 0.2) is 30.5 Å². The minimum atomic E-state index is -1.10. The van der Waals surface area contributed by atoms with Gasteiger partial charge in [0.25, 0.3) is 0 Å². The molecular weight excluding hydrogens is 464 g/mol. The molecule has 10 heteroatoms. The SMILES string of the molecule is CCOC(=O)CN(CC(=O)NC(C)(C)C)C(=O)[C@H](Cc1c[nH]c2ccccc12)NC(=O)OC(C)(C)C. The van der Waals surface area contributed by atoms with Gasteiger partial charge in [0.1, 0.15) is 24.7 Å². The monoisotopic (exact) mass is 502 g/mol. The first-order valence-corrected chi connectivity index (χ1v) is 12.0. The molecule has 0 aliphatic carbocycles. The Hall–Kier alpha value is -3.56. The van der Waals surface area contributed by atoms with Gasteiger partial charge in [-0.1, -0.05) is 18.2 Å². The average Bonchev–Trinajstić information content (AvgIpc) is 3.12. The number of benzene rings is 1. The molecule has 0 spiro atoms. The Labute approximate surface area is 212 Å². The number of para-hydroxylation sites is 1. The van der Waals surface area contributed by atoms with Crippen LogP contribution in [0.3, 0.4) is 0 Å². The van der Waals surface area contributed by atoms with Crippen LogP contribution in [-0.4, -0.2) is 70.6 Å². The summed E-state index contributed by atoms with van der Waals surface area (Å²) in [5, 5.41) is 6.31. The van der Waals surface area contributed by atoms with Crippen molar-refractivity contribution in [2.24, 2.45) is 0 Å². The largest absolute Gasteiger partial charge is 0.465 e. The highest BCUT2D eigenvalue weighted by Gasteiger charge is 2.32. The van der Waals surface area contributed by atoms with Crippen molar-refractivity contribution in [2.45, 2.75) is 72.1 Å². The third-order valence-electron chi connectivity index (χ3n) is 4.87. The number of hydrogen-bond donors (Lipinski definition) is 3. The highest BCUT2D eigenvalue weighted by atomic mass is 16.6. The number of rotatable bonds is 9. The molecular formula is C26H38N4O6. The fraction of sp³-hybridized carbons (Fsp3) is 0.538. The topological polar surface area (TPSA) is 130 Å². The van der Waals surface area contributed by atoms with Gasteiger partial charge < -0.3 is 30.0 Å². The van der Waals surface area contributed by atoms with Crippen LogP contribution in [-0.2, 0) is 30.3 Å². The van der Waals surface area contributed by atoms with E-state index in [4.69, 9.17) is 9.47 Å². The number of esters is 1. The van der Waals surface area contributed by atoms with Crippen LogP contribution < -0.4 is 10.6 Å². The zero-order valence-electron chi connectivity index (χ0n) is 22.2. The molecule has 1 aromatic heterocycles. The predicted octanol–water partition coefficient (Wildman–Crippen LogP) is 2.91. The summed E-state index contributed by atoms with van der Waals surface area (Å²) in [5.41, 5.74) is 0.350. The normalized spacial score (nSPS) is 12.5. The Balaban J connectivity index is 2.37. The summed E-state index contributed by atoms with van der Waals surface area (Å²) in [5.74, 6) is -1.70. The van der Waals surface area contributed by atoms with E-state index in [1.807, 2.05) is 45.0 Å². The van der Waals surface area contributed by atoms with Crippen molar-refractivity contribution in [3.8, 4) is 0 Å². The fourth-order valence-electron chi connectivity index (χ4n) is 3.60. The smallest absolute Gasteiger partial charge is 0.408 e. The third kappa shape index (κ3) is 9.24. The molecule has 0 saturated heterocycles. The summed E-state index contributed by atoms with van der Waals surface area (Å²) < 4.78 is 10.4. The fourth-order valence-corrected chi connectivity index (χ4v) is 3.60. The quantitative estimate of drug-likeness (QED) is 0.452. The van der Waals surface area contributed by atoms with E-state index in [0.717, 1.165) is 21.4 Å². The van der Waals surface area contributed by atoms with Crippen molar-refractivity contribution < 1.29 is 28.7 Å². The van der Waals surface area contributed by atoms with Crippen LogP contribution in [0, 0.1) is 0 Å². The van der Waals surface area contributed by atoms with E-state index in [1.165, 1.54) is 0 Å². The van der Waals surface area contributed by atoms with Gasteiger partial charge in [0.2, 0.25) is 11.8 Å². The molecule has 1 aromatic carbocycles. The second-order valence-corrected chi connectivity index (χ2v) is 10.6. The Morgan fingerprint density at radius 3 is 2.31 bits per heavy atom. The van der Waals surface area contributed by atoms with Crippen LogP contribution in [0.5, 0.6) is 0 Å². The van der Waals surface area contributed by atoms with Crippen molar-refractivity contribution >= 4 is 34.8 Å². The zero-order chi connectivity index (χ0) is 27.1. The van der Waals surface area contributed by atoms with Crippen molar-refractivity contribution in [1.82, 2.24) is 20.5 Å². The second kappa shape index (κ2) is 11.9. The van der Waals surface area contributed by atoms with Gasteiger partial charge in [0.05, 0.1) is 6.61 Å². The van der Waals surface area contributed by atoms with Crippen LogP contribution in [0.25, 0.3) is 10.9 Å². The number of carbonyl (C=O) groups is 4. The molecule has 0 radical (unpaired) electrons. The van der Waals surface area contributed by atoms with Gasteiger partial charge in [0, 0.05) is 29.1 Å². The van der Waals surface area contributed by atoms with Crippen molar-refractivity contribution in [3.63, 3.8) is 0 Å². The van der Waals surface area contributed by atoms with E-state index in [-0.39, 0.29) is 19.6 Å². The number of aromatic amines is 1. The molecule has 2 aromatic rings. The number of nitrogens with one attached hydrogen (secondary N) is 3. The van der Waals surface area contributed by atoms with Crippen molar-refractivity contribution in [2.75, 3.05) is 19.7 Å². The van der Waals surface area contributed by atoms with Crippen molar-refractivity contribution in [3.05, 3.63) is 36.0 Å². The summed E-state index contributed by atoms with van der Waals surface area (Å²) >= 11 is 0. The van der Waals surface area contributed by atoms with Crippen LogP contribution in [0.4, 0.5) is 4.79 Å². The molecule has 0 saturated carbocycles. The predicted molar refractivity (Wildman–Crippen MR) is 136 cm³/mol. The van der Waals surface area contributed by atoms with E-state index in [0.29, 0.717) is 0 Å². The molecule has 0 fully saturated rings. The number of carbonyl (C=O) groups excluding carboxylic acids is 4. The molecule has 0 aliphatic rings. The van der Waals surface area contributed by atoms with E-state index < -0.39 is 47.6 Å². The van der Waals surface area contributed by atoms with E-state index in [9.17, 15) is 19.2 Å². The van der Waals surface area contributed by atoms with Gasteiger partial charge in [-0.25, -0.2) is 4.79 Å². The zero-order valence-corrected chi connectivity index (χ0v) is 22.2. The first-order chi connectivity index (χ1) is 16.7. The molecule has 2 rings (SSSR count). The lowest BCUT2D eigenvalue weighted by molar-refractivity contribution is -0.150. The molecule has 1 atom stereocenters. The number of amides is 3. The standard InChI is InChI=1S/C26H38N4O6/c1-8-35-22(32)16-30(15-21(31)29-25(2,3)4)23(33)20(28-24(34)36-26(5,6)7)13-17-14-27-19-12-10-9-11-18(17)19/h9-12,14,20,27H,8,13,15-16H2,1-7H3,(H,28,34)(H,29,31)/t20-/m0/s1. The maximum absolute atomic E-state index is 13.7. The van der Waals surface area contributed by atoms with E-state index in [2.05, 4.69) is 15.6 Å². The average molecular weight is 503 g/mol. The number of fused-ring (bicyclic) bond motifs is 1. The lowest BCUT2D eigenvalue weighted by Crippen LogP contribution is -2.55. The van der Waals surface area contributed by atoms with Crippen LogP contribution in [0.1, 0.15) is 54.0 Å². The van der Waals surface area contributed by atoms with E-state index in [1.54, 1.807) is 33.9 Å². The number of nitrogens with zero attached hydrogens (tertiary/aromatic N) is 1. The molecule has 0 bridgehead atoms. The molecule has 198 valence electrons. The van der Waals surface area contributed by atoms with E-state index >= 15 is 0 Å². The summed E-state index contributed by atoms with van der Waals surface area (Å²) in [6.07, 6.45) is 1.10. The maximum Gasteiger partial charge on any atom is 0.408 e. The summed E-state index contributed by atoms with van der Waals surface area (Å²) in [6.45, 7) is 11.5. The van der Waals surface area contributed by atoms with Gasteiger partial charge in [-0.15, -0.1) is 0 Å². The highest BCUT2D eigenvalue weighted by molar-refractivity contribution is 5.93. The number of H-pyrrole nitrogens is 1. The number of alkyl carbamates (subject to hydrolysis) is 1. The number of aromatic nitrogens is 1. The molecule has 0 aliphatic heterocycles. The third-order valence-corrected chi connectivity index (χ3v) is 4.87.